The Kier molecular flexibility index (Phi) is 5.00. The number of rotatable bonds is 5. The molecule has 0 aliphatic carbocycles. The molecule has 1 aliphatic heterocycles. The molecule has 1 amide bonds. The molecule has 1 aromatic rings. The molecule has 1 aromatic carbocycles. The summed E-state index contributed by atoms with van der Waals surface area (Å²) in [6, 6.07) is 6.38. The standard InChI is InChI=1S/C15H21NO4S/c1-3-16(10-12-8-9-20-11-12)15(17)13-6-4-5-7-14(13)21(2,18)19/h4-7,12H,3,8-11H2,1-2H3/t12-/m0/s1. The number of sulfone groups is 1. The Morgan fingerprint density at radius 1 is 1.38 bits per heavy atom. The van der Waals surface area contributed by atoms with E-state index in [9.17, 15) is 13.2 Å². The largest absolute Gasteiger partial charge is 0.381 e. The number of carbonyl (C=O) groups excluding carboxylic acids is 1. The average molecular weight is 311 g/mol. The maximum atomic E-state index is 12.7. The normalized spacial score (nSPS) is 18.7. The maximum absolute atomic E-state index is 12.7. The fourth-order valence-electron chi connectivity index (χ4n) is 2.53. The van der Waals surface area contributed by atoms with Crippen molar-refractivity contribution in [2.45, 2.75) is 18.2 Å². The summed E-state index contributed by atoms with van der Waals surface area (Å²) in [5, 5.41) is 0. The molecule has 0 N–H and O–H groups in total. The minimum Gasteiger partial charge on any atom is -0.381 e. The van der Waals surface area contributed by atoms with Gasteiger partial charge in [-0.15, -0.1) is 0 Å². The highest BCUT2D eigenvalue weighted by Gasteiger charge is 2.25. The maximum Gasteiger partial charge on any atom is 0.255 e. The van der Waals surface area contributed by atoms with E-state index in [0.717, 1.165) is 19.3 Å². The van der Waals surface area contributed by atoms with Crippen LogP contribution < -0.4 is 0 Å². The van der Waals surface area contributed by atoms with Crippen molar-refractivity contribution in [3.63, 3.8) is 0 Å². The van der Waals surface area contributed by atoms with Crippen molar-refractivity contribution >= 4 is 15.7 Å². The number of hydrogen-bond acceptors (Lipinski definition) is 4. The predicted octanol–water partition coefficient (Wildman–Crippen LogP) is 1.59. The van der Waals surface area contributed by atoms with Crippen molar-refractivity contribution < 1.29 is 17.9 Å². The lowest BCUT2D eigenvalue weighted by Gasteiger charge is -2.24. The fourth-order valence-corrected chi connectivity index (χ4v) is 3.41. The molecule has 1 fully saturated rings. The van der Waals surface area contributed by atoms with E-state index in [1.165, 1.54) is 6.07 Å². The first kappa shape index (κ1) is 16.0. The van der Waals surface area contributed by atoms with Gasteiger partial charge in [0.05, 0.1) is 17.1 Å². The zero-order valence-corrected chi connectivity index (χ0v) is 13.2. The van der Waals surface area contributed by atoms with Crippen LogP contribution in [-0.4, -0.2) is 51.8 Å². The van der Waals surface area contributed by atoms with E-state index in [1.54, 1.807) is 23.1 Å². The molecule has 0 bridgehead atoms. The Morgan fingerprint density at radius 2 is 2.10 bits per heavy atom. The van der Waals surface area contributed by atoms with E-state index in [-0.39, 0.29) is 16.4 Å². The Morgan fingerprint density at radius 3 is 2.67 bits per heavy atom. The molecule has 2 rings (SSSR count). The third-order valence-corrected chi connectivity index (χ3v) is 4.84. The van der Waals surface area contributed by atoms with E-state index in [2.05, 4.69) is 0 Å². The topological polar surface area (TPSA) is 63.7 Å². The Bertz CT molecular complexity index is 606. The van der Waals surface area contributed by atoms with Gasteiger partial charge in [-0.2, -0.15) is 0 Å². The van der Waals surface area contributed by atoms with Crippen LogP contribution in [-0.2, 0) is 14.6 Å². The number of benzene rings is 1. The molecule has 1 aliphatic rings. The molecule has 1 saturated heterocycles. The number of hydrogen-bond donors (Lipinski definition) is 0. The van der Waals surface area contributed by atoms with Crippen molar-refractivity contribution in [3.8, 4) is 0 Å². The highest BCUT2D eigenvalue weighted by atomic mass is 32.2. The highest BCUT2D eigenvalue weighted by molar-refractivity contribution is 7.90. The van der Waals surface area contributed by atoms with Gasteiger partial charge in [0.25, 0.3) is 5.91 Å². The van der Waals surface area contributed by atoms with E-state index in [0.29, 0.717) is 25.6 Å². The molecule has 1 heterocycles. The summed E-state index contributed by atoms with van der Waals surface area (Å²) in [6.45, 7) is 4.45. The second-order valence-corrected chi connectivity index (χ2v) is 7.33. The van der Waals surface area contributed by atoms with Gasteiger partial charge in [-0.25, -0.2) is 8.42 Å². The first-order valence-electron chi connectivity index (χ1n) is 7.09. The van der Waals surface area contributed by atoms with Gasteiger partial charge in [-0.1, -0.05) is 12.1 Å². The Hall–Kier alpha value is -1.40. The third-order valence-electron chi connectivity index (χ3n) is 3.69. The summed E-state index contributed by atoms with van der Waals surface area (Å²) in [4.78, 5) is 14.4. The van der Waals surface area contributed by atoms with Crippen LogP contribution in [0.25, 0.3) is 0 Å². The smallest absolute Gasteiger partial charge is 0.255 e. The van der Waals surface area contributed by atoms with Crippen molar-refractivity contribution in [2.75, 3.05) is 32.6 Å². The van der Waals surface area contributed by atoms with E-state index in [1.807, 2.05) is 6.92 Å². The molecule has 116 valence electrons. The summed E-state index contributed by atoms with van der Waals surface area (Å²) < 4.78 is 29.0. The molecule has 0 radical (unpaired) electrons. The lowest BCUT2D eigenvalue weighted by molar-refractivity contribution is 0.0727. The van der Waals surface area contributed by atoms with Crippen LogP contribution in [0.15, 0.2) is 29.2 Å². The number of carbonyl (C=O) groups is 1. The first-order chi connectivity index (χ1) is 9.93. The monoisotopic (exact) mass is 311 g/mol. The van der Waals surface area contributed by atoms with Gasteiger partial charge in [-0.3, -0.25) is 4.79 Å². The van der Waals surface area contributed by atoms with Crippen LogP contribution in [0.3, 0.4) is 0 Å². The number of amides is 1. The summed E-state index contributed by atoms with van der Waals surface area (Å²) in [5.74, 6) is 0.102. The molecule has 5 nitrogen and oxygen atoms in total. The third kappa shape index (κ3) is 3.83. The van der Waals surface area contributed by atoms with Crippen molar-refractivity contribution in [2.24, 2.45) is 5.92 Å². The fraction of sp³-hybridized carbons (Fsp3) is 0.533. The zero-order chi connectivity index (χ0) is 15.5. The molecule has 6 heteroatoms. The second-order valence-electron chi connectivity index (χ2n) is 5.34. The van der Waals surface area contributed by atoms with Crippen molar-refractivity contribution in [1.82, 2.24) is 4.90 Å². The van der Waals surface area contributed by atoms with Gasteiger partial charge in [0, 0.05) is 31.9 Å². The number of nitrogens with zero attached hydrogens (tertiary/aromatic N) is 1. The van der Waals surface area contributed by atoms with Gasteiger partial charge in [-0.05, 0) is 25.5 Å². The molecule has 0 saturated carbocycles. The first-order valence-corrected chi connectivity index (χ1v) is 8.98. The molecule has 0 spiro atoms. The second kappa shape index (κ2) is 6.58. The predicted molar refractivity (Wildman–Crippen MR) is 80.1 cm³/mol. The van der Waals surface area contributed by atoms with Crippen LogP contribution in [0.4, 0.5) is 0 Å². The SMILES string of the molecule is CCN(C[C@@H]1CCOC1)C(=O)c1ccccc1S(C)(=O)=O. The number of ether oxygens (including phenoxy) is 1. The van der Waals surface area contributed by atoms with E-state index >= 15 is 0 Å². The Labute approximate surface area is 125 Å². The van der Waals surface area contributed by atoms with Gasteiger partial charge in [0.15, 0.2) is 9.84 Å². The van der Waals surface area contributed by atoms with E-state index < -0.39 is 9.84 Å². The molecule has 21 heavy (non-hydrogen) atoms. The minimum atomic E-state index is -3.42. The highest BCUT2D eigenvalue weighted by Crippen LogP contribution is 2.20. The van der Waals surface area contributed by atoms with Crippen LogP contribution in [0.1, 0.15) is 23.7 Å². The summed E-state index contributed by atoms with van der Waals surface area (Å²) in [6.07, 6.45) is 2.07. The quantitative estimate of drug-likeness (QED) is 0.828. The van der Waals surface area contributed by atoms with Crippen LogP contribution in [0.5, 0.6) is 0 Å². The van der Waals surface area contributed by atoms with E-state index in [4.69, 9.17) is 4.74 Å². The van der Waals surface area contributed by atoms with Gasteiger partial charge in [0.1, 0.15) is 0 Å². The van der Waals surface area contributed by atoms with Gasteiger partial charge in [0.2, 0.25) is 0 Å². The average Bonchev–Trinajstić information content (AvgIpc) is 2.96. The van der Waals surface area contributed by atoms with Crippen molar-refractivity contribution in [1.29, 1.82) is 0 Å². The summed E-state index contributed by atoms with van der Waals surface area (Å²) >= 11 is 0. The summed E-state index contributed by atoms with van der Waals surface area (Å²) in [5.41, 5.74) is 0.251. The lowest BCUT2D eigenvalue weighted by atomic mass is 10.1. The Balaban J connectivity index is 2.25. The molecule has 0 unspecified atom stereocenters. The van der Waals surface area contributed by atoms with Crippen LogP contribution in [0.2, 0.25) is 0 Å². The van der Waals surface area contributed by atoms with Crippen molar-refractivity contribution in [3.05, 3.63) is 29.8 Å². The summed E-state index contributed by atoms with van der Waals surface area (Å²) in [7, 11) is -3.42. The minimum absolute atomic E-state index is 0.0936. The van der Waals surface area contributed by atoms with Gasteiger partial charge >= 0.3 is 0 Å². The van der Waals surface area contributed by atoms with Gasteiger partial charge < -0.3 is 9.64 Å². The molecular formula is C15H21NO4S. The molecular weight excluding hydrogens is 290 g/mol. The van der Waals surface area contributed by atoms with Crippen LogP contribution in [0, 0.1) is 5.92 Å². The molecule has 1 atom stereocenters. The zero-order valence-electron chi connectivity index (χ0n) is 12.4. The van der Waals surface area contributed by atoms with Crippen LogP contribution >= 0.6 is 0 Å². The lowest BCUT2D eigenvalue weighted by Crippen LogP contribution is -2.36. The molecule has 0 aromatic heterocycles.